The fourth-order valence-corrected chi connectivity index (χ4v) is 5.57. The van der Waals surface area contributed by atoms with E-state index >= 15 is 0 Å². The van der Waals surface area contributed by atoms with Crippen LogP contribution in [0.1, 0.15) is 55.6 Å². The predicted molar refractivity (Wildman–Crippen MR) is 163 cm³/mol. The molecule has 3 aromatic heterocycles. The molecule has 2 aromatic carbocycles. The summed E-state index contributed by atoms with van der Waals surface area (Å²) in [5.74, 6) is -0.484. The molecule has 6 rings (SSSR count). The van der Waals surface area contributed by atoms with Crippen LogP contribution in [0.4, 0.5) is 14.5 Å². The van der Waals surface area contributed by atoms with Crippen molar-refractivity contribution in [3.63, 3.8) is 0 Å². The molecule has 5 aromatic rings. The number of halogens is 3. The SMILES string of the molecule is C[C@@H]1CCC[C@H](n2cnc(-c3cc(Cl)ccc3-n3cc(C(F)F)nn3)cc2=O)c2cc(ccn2)-c2ccc(C#N)cc2NC1=O. The third-order valence-corrected chi connectivity index (χ3v) is 8.03. The first-order chi connectivity index (χ1) is 21.7. The zero-order valence-electron chi connectivity index (χ0n) is 23.9. The standard InChI is InChI=1S/C32H25ClF2N8O2/c1-18-3-2-4-29(26-12-20(9-10-37-26)22-7-5-19(15-36)11-25(22)39-32(18)45)42-17-38-24(14-30(42)44)23-13-21(33)6-8-28(23)43-16-27(31(34)35)40-41-43/h5-14,16-18,29,31H,2-4H2,1H3,(H,39,45)/t18-,29+/m1/s1. The van der Waals surface area contributed by atoms with E-state index < -0.39 is 18.2 Å². The Morgan fingerprint density at radius 1 is 1.04 bits per heavy atom. The molecule has 45 heavy (non-hydrogen) atoms. The Balaban J connectivity index is 1.43. The van der Waals surface area contributed by atoms with E-state index in [0.717, 1.165) is 17.3 Å². The number of rotatable bonds is 4. The highest BCUT2D eigenvalue weighted by Gasteiger charge is 2.23. The van der Waals surface area contributed by atoms with Crippen LogP contribution < -0.4 is 10.9 Å². The number of nitrogens with one attached hydrogen (secondary N) is 1. The summed E-state index contributed by atoms with van der Waals surface area (Å²) in [4.78, 5) is 36.0. The number of benzene rings is 2. The molecule has 4 heterocycles. The van der Waals surface area contributed by atoms with Gasteiger partial charge in [-0.2, -0.15) is 5.26 Å². The largest absolute Gasteiger partial charge is 0.325 e. The molecule has 2 bridgehead atoms. The minimum atomic E-state index is -2.80. The van der Waals surface area contributed by atoms with E-state index in [4.69, 9.17) is 11.6 Å². The summed E-state index contributed by atoms with van der Waals surface area (Å²) in [6.45, 7) is 1.84. The van der Waals surface area contributed by atoms with Crippen molar-refractivity contribution >= 4 is 23.2 Å². The Hall–Kier alpha value is -5.28. The summed E-state index contributed by atoms with van der Waals surface area (Å²) in [6.07, 6.45) is 3.07. The van der Waals surface area contributed by atoms with Crippen LogP contribution in [0.25, 0.3) is 28.1 Å². The quantitative estimate of drug-likeness (QED) is 0.245. The lowest BCUT2D eigenvalue weighted by molar-refractivity contribution is -0.119. The molecule has 0 saturated heterocycles. The van der Waals surface area contributed by atoms with Gasteiger partial charge >= 0.3 is 0 Å². The first-order valence-corrected chi connectivity index (χ1v) is 14.5. The first kappa shape index (κ1) is 29.8. The summed E-state index contributed by atoms with van der Waals surface area (Å²) >= 11 is 6.27. The number of aromatic nitrogens is 6. The number of carbonyl (C=O) groups excluding carboxylic acids is 1. The van der Waals surface area contributed by atoms with Gasteiger partial charge in [0.25, 0.3) is 12.0 Å². The second kappa shape index (κ2) is 12.4. The van der Waals surface area contributed by atoms with Crippen molar-refractivity contribution in [3.05, 3.63) is 106 Å². The van der Waals surface area contributed by atoms with Crippen molar-refractivity contribution in [2.45, 2.75) is 38.7 Å². The van der Waals surface area contributed by atoms with Gasteiger partial charge in [0.1, 0.15) is 5.69 Å². The van der Waals surface area contributed by atoms with E-state index in [-0.39, 0.29) is 23.1 Å². The van der Waals surface area contributed by atoms with Crippen molar-refractivity contribution in [3.8, 4) is 34.1 Å². The van der Waals surface area contributed by atoms with E-state index in [1.165, 1.54) is 21.6 Å². The van der Waals surface area contributed by atoms with Crippen LogP contribution in [0.5, 0.6) is 0 Å². The van der Waals surface area contributed by atoms with Crippen LogP contribution in [0.15, 0.2) is 78.1 Å². The normalized spacial score (nSPS) is 16.7. The maximum Gasteiger partial charge on any atom is 0.283 e. The zero-order chi connectivity index (χ0) is 31.7. The molecule has 0 unspecified atom stereocenters. The van der Waals surface area contributed by atoms with Crippen molar-refractivity contribution in [2.75, 3.05) is 5.32 Å². The number of alkyl halides is 2. The summed E-state index contributed by atoms with van der Waals surface area (Å²) < 4.78 is 29.1. The monoisotopic (exact) mass is 626 g/mol. The van der Waals surface area contributed by atoms with Gasteiger partial charge in [-0.15, -0.1) is 5.10 Å². The van der Waals surface area contributed by atoms with Gasteiger partial charge in [-0.1, -0.05) is 36.2 Å². The molecule has 0 spiro atoms. The summed E-state index contributed by atoms with van der Waals surface area (Å²) in [5, 5.41) is 20.1. The highest BCUT2D eigenvalue weighted by Crippen LogP contribution is 2.34. The minimum Gasteiger partial charge on any atom is -0.325 e. The lowest BCUT2D eigenvalue weighted by Gasteiger charge is -2.23. The van der Waals surface area contributed by atoms with Gasteiger partial charge in [0.2, 0.25) is 5.91 Å². The molecule has 0 fully saturated rings. The van der Waals surface area contributed by atoms with Gasteiger partial charge < -0.3 is 5.32 Å². The van der Waals surface area contributed by atoms with E-state index in [0.29, 0.717) is 52.5 Å². The van der Waals surface area contributed by atoms with E-state index in [9.17, 15) is 23.6 Å². The number of nitriles is 1. The number of hydrogen-bond acceptors (Lipinski definition) is 7. The number of anilines is 1. The average Bonchev–Trinajstić information content (AvgIpc) is 3.53. The van der Waals surface area contributed by atoms with Crippen LogP contribution in [-0.4, -0.2) is 35.4 Å². The van der Waals surface area contributed by atoms with Crippen LogP contribution >= 0.6 is 11.6 Å². The molecular formula is C32H25ClF2N8O2. The van der Waals surface area contributed by atoms with E-state index in [1.54, 1.807) is 48.7 Å². The Bertz CT molecular complexity index is 2020. The second-order valence-corrected chi connectivity index (χ2v) is 11.2. The average molecular weight is 627 g/mol. The fraction of sp³-hybridized carbons (Fsp3) is 0.219. The summed E-state index contributed by atoms with van der Waals surface area (Å²) in [5.41, 5.74) is 3.23. The first-order valence-electron chi connectivity index (χ1n) is 14.1. The molecular weight excluding hydrogens is 602 g/mol. The molecule has 13 heteroatoms. The fourth-order valence-electron chi connectivity index (χ4n) is 5.40. The van der Waals surface area contributed by atoms with Crippen LogP contribution in [0.2, 0.25) is 5.02 Å². The number of fused-ring (bicyclic) bond motifs is 4. The Kier molecular flexibility index (Phi) is 8.19. The molecule has 1 aliphatic rings. The lowest BCUT2D eigenvalue weighted by Crippen LogP contribution is -2.27. The topological polar surface area (TPSA) is 131 Å². The second-order valence-electron chi connectivity index (χ2n) is 10.7. The van der Waals surface area contributed by atoms with Gasteiger partial charge in [-0.3, -0.25) is 19.1 Å². The van der Waals surface area contributed by atoms with Crippen molar-refractivity contribution in [2.24, 2.45) is 5.92 Å². The Morgan fingerprint density at radius 2 is 1.89 bits per heavy atom. The molecule has 1 aliphatic heterocycles. The summed E-state index contributed by atoms with van der Waals surface area (Å²) in [7, 11) is 0. The van der Waals surface area contributed by atoms with Crippen molar-refractivity contribution in [1.82, 2.24) is 29.5 Å². The number of pyridine rings is 1. The van der Waals surface area contributed by atoms with Crippen LogP contribution in [0.3, 0.4) is 0 Å². The highest BCUT2D eigenvalue weighted by molar-refractivity contribution is 6.31. The zero-order valence-corrected chi connectivity index (χ0v) is 24.6. The Labute approximate surface area is 261 Å². The maximum atomic E-state index is 13.7. The lowest BCUT2D eigenvalue weighted by atomic mass is 9.95. The van der Waals surface area contributed by atoms with Gasteiger partial charge in [-0.25, -0.2) is 18.4 Å². The van der Waals surface area contributed by atoms with E-state index in [1.807, 2.05) is 13.0 Å². The number of carbonyl (C=O) groups is 1. The van der Waals surface area contributed by atoms with Gasteiger partial charge in [-0.05, 0) is 60.9 Å². The smallest absolute Gasteiger partial charge is 0.283 e. The van der Waals surface area contributed by atoms with Crippen molar-refractivity contribution < 1.29 is 13.6 Å². The molecule has 1 amide bonds. The van der Waals surface area contributed by atoms with Gasteiger partial charge in [0.15, 0.2) is 0 Å². The van der Waals surface area contributed by atoms with E-state index in [2.05, 4.69) is 31.7 Å². The maximum absolute atomic E-state index is 13.7. The summed E-state index contributed by atoms with van der Waals surface area (Å²) in [6, 6.07) is 16.5. The molecule has 226 valence electrons. The third-order valence-electron chi connectivity index (χ3n) is 7.79. The predicted octanol–water partition coefficient (Wildman–Crippen LogP) is 6.36. The molecule has 0 aliphatic carbocycles. The number of nitrogens with zero attached hydrogens (tertiary/aromatic N) is 7. The van der Waals surface area contributed by atoms with Gasteiger partial charge in [0, 0.05) is 40.0 Å². The van der Waals surface area contributed by atoms with Crippen molar-refractivity contribution in [1.29, 1.82) is 5.26 Å². The molecule has 1 N–H and O–H groups in total. The van der Waals surface area contributed by atoms with Crippen LogP contribution in [-0.2, 0) is 4.79 Å². The molecule has 0 radical (unpaired) electrons. The molecule has 10 nitrogen and oxygen atoms in total. The minimum absolute atomic E-state index is 0.161. The highest BCUT2D eigenvalue weighted by atomic mass is 35.5. The third kappa shape index (κ3) is 6.07. The number of hydrogen-bond donors (Lipinski definition) is 1. The van der Waals surface area contributed by atoms with Crippen LogP contribution in [0, 0.1) is 17.2 Å². The number of amides is 1. The molecule has 2 atom stereocenters. The van der Waals surface area contributed by atoms with Gasteiger partial charge in [0.05, 0.1) is 47.3 Å². The molecule has 0 saturated carbocycles. The Morgan fingerprint density at radius 3 is 2.64 bits per heavy atom.